The molecule has 0 saturated carbocycles. The lowest BCUT2D eigenvalue weighted by atomic mass is 10.1. The van der Waals surface area contributed by atoms with E-state index in [2.05, 4.69) is 0 Å². The molecule has 0 unspecified atom stereocenters. The number of amides is 2. The molecule has 1 aromatic rings. The third-order valence-corrected chi connectivity index (χ3v) is 3.10. The molecular formula is C13H16FN3O2. The molecule has 2 rings (SSSR count). The van der Waals surface area contributed by atoms with Gasteiger partial charge in [0.25, 0.3) is 0 Å². The van der Waals surface area contributed by atoms with E-state index < -0.39 is 0 Å². The molecule has 0 atom stereocenters. The van der Waals surface area contributed by atoms with Crippen molar-refractivity contribution in [1.29, 1.82) is 0 Å². The van der Waals surface area contributed by atoms with E-state index in [1.54, 1.807) is 13.1 Å². The van der Waals surface area contributed by atoms with Gasteiger partial charge in [0.15, 0.2) is 0 Å². The quantitative estimate of drug-likeness (QED) is 0.842. The number of benzene rings is 1. The molecule has 0 aliphatic carbocycles. The molecule has 1 aliphatic rings. The molecule has 5 nitrogen and oxygen atoms in total. The van der Waals surface area contributed by atoms with Crippen LogP contribution in [0.1, 0.15) is 11.1 Å². The van der Waals surface area contributed by atoms with Crippen molar-refractivity contribution in [1.82, 2.24) is 9.80 Å². The van der Waals surface area contributed by atoms with Gasteiger partial charge in [-0.05, 0) is 23.3 Å². The zero-order valence-electron chi connectivity index (χ0n) is 10.7. The average Bonchev–Trinajstić information content (AvgIpc) is 2.35. The maximum atomic E-state index is 13.4. The molecule has 0 spiro atoms. The van der Waals surface area contributed by atoms with E-state index in [0.29, 0.717) is 11.1 Å². The number of hydrogen-bond acceptors (Lipinski definition) is 3. The monoisotopic (exact) mass is 265 g/mol. The van der Waals surface area contributed by atoms with Gasteiger partial charge in [-0.15, -0.1) is 0 Å². The zero-order valence-corrected chi connectivity index (χ0v) is 10.7. The van der Waals surface area contributed by atoms with Gasteiger partial charge in [0, 0.05) is 20.1 Å². The van der Waals surface area contributed by atoms with Crippen molar-refractivity contribution in [3.63, 3.8) is 0 Å². The molecule has 0 radical (unpaired) electrons. The van der Waals surface area contributed by atoms with Crippen LogP contribution in [0, 0.1) is 5.82 Å². The minimum absolute atomic E-state index is 0.0316. The lowest BCUT2D eigenvalue weighted by Crippen LogP contribution is -2.51. The molecule has 2 N–H and O–H groups in total. The Morgan fingerprint density at radius 2 is 1.84 bits per heavy atom. The Balaban J connectivity index is 2.14. The number of nitrogens with two attached hydrogens (primary N) is 1. The summed E-state index contributed by atoms with van der Waals surface area (Å²) in [5.41, 5.74) is 6.79. The number of halogens is 1. The molecule has 6 heteroatoms. The van der Waals surface area contributed by atoms with E-state index in [0.717, 1.165) is 0 Å². The fourth-order valence-corrected chi connectivity index (χ4v) is 2.05. The second kappa shape index (κ2) is 5.36. The van der Waals surface area contributed by atoms with Crippen LogP contribution in [0.3, 0.4) is 0 Å². The lowest BCUT2D eigenvalue weighted by Gasteiger charge is -2.31. The van der Waals surface area contributed by atoms with Crippen molar-refractivity contribution in [3.8, 4) is 0 Å². The summed E-state index contributed by atoms with van der Waals surface area (Å²) in [6.45, 7) is 0.561. The maximum absolute atomic E-state index is 13.4. The average molecular weight is 265 g/mol. The van der Waals surface area contributed by atoms with Crippen LogP contribution in [0.5, 0.6) is 0 Å². The molecule has 0 aromatic heterocycles. The van der Waals surface area contributed by atoms with E-state index >= 15 is 0 Å². The van der Waals surface area contributed by atoms with Crippen LogP contribution in [-0.2, 0) is 22.7 Å². The number of rotatable bonds is 3. The molecular weight excluding hydrogens is 249 g/mol. The van der Waals surface area contributed by atoms with Crippen LogP contribution >= 0.6 is 0 Å². The van der Waals surface area contributed by atoms with Crippen LogP contribution in [-0.4, -0.2) is 41.8 Å². The molecule has 1 aromatic carbocycles. The molecule has 0 bridgehead atoms. The van der Waals surface area contributed by atoms with E-state index in [4.69, 9.17) is 5.73 Å². The number of carbonyl (C=O) groups excluding carboxylic acids is 2. The van der Waals surface area contributed by atoms with Crippen LogP contribution in [0.25, 0.3) is 0 Å². The van der Waals surface area contributed by atoms with E-state index in [-0.39, 0.29) is 43.8 Å². The van der Waals surface area contributed by atoms with Crippen LogP contribution in [0.4, 0.5) is 4.39 Å². The van der Waals surface area contributed by atoms with Crippen molar-refractivity contribution >= 4 is 11.8 Å². The Hall–Kier alpha value is -1.95. The first kappa shape index (κ1) is 13.5. The van der Waals surface area contributed by atoms with Gasteiger partial charge in [0.05, 0.1) is 6.54 Å². The molecule has 102 valence electrons. The van der Waals surface area contributed by atoms with E-state index in [1.807, 2.05) is 0 Å². The summed E-state index contributed by atoms with van der Waals surface area (Å²) in [4.78, 5) is 26.2. The Kier molecular flexibility index (Phi) is 3.80. The number of carbonyl (C=O) groups is 2. The predicted molar refractivity (Wildman–Crippen MR) is 67.3 cm³/mol. The number of hydrogen-bond donors (Lipinski definition) is 1. The summed E-state index contributed by atoms with van der Waals surface area (Å²) in [7, 11) is 1.59. The standard InChI is InChI=1S/C13H16FN3O2/c1-16-7-13(19)17(8-12(16)18)6-10-2-9(5-15)3-11(14)4-10/h2-4H,5-8,15H2,1H3. The summed E-state index contributed by atoms with van der Waals surface area (Å²) in [6, 6.07) is 4.47. The van der Waals surface area contributed by atoms with Gasteiger partial charge in [-0.3, -0.25) is 9.59 Å². The second-order valence-electron chi connectivity index (χ2n) is 4.67. The Bertz CT molecular complexity index is 519. The van der Waals surface area contributed by atoms with Gasteiger partial charge < -0.3 is 15.5 Å². The minimum Gasteiger partial charge on any atom is -0.335 e. The lowest BCUT2D eigenvalue weighted by molar-refractivity contribution is -0.149. The van der Waals surface area contributed by atoms with Gasteiger partial charge in [0.2, 0.25) is 11.8 Å². The summed E-state index contributed by atoms with van der Waals surface area (Å²) in [5.74, 6) is -0.637. The Morgan fingerprint density at radius 3 is 2.53 bits per heavy atom. The fourth-order valence-electron chi connectivity index (χ4n) is 2.05. The van der Waals surface area contributed by atoms with Gasteiger partial charge in [0.1, 0.15) is 12.4 Å². The van der Waals surface area contributed by atoms with Crippen molar-refractivity contribution in [2.24, 2.45) is 5.73 Å². The largest absolute Gasteiger partial charge is 0.335 e. The summed E-state index contributed by atoms with van der Waals surface area (Å²) >= 11 is 0. The zero-order chi connectivity index (χ0) is 14.0. The molecule has 1 aliphatic heterocycles. The normalized spacial score (nSPS) is 16.2. The maximum Gasteiger partial charge on any atom is 0.242 e. The molecule has 1 fully saturated rings. The first-order valence-electron chi connectivity index (χ1n) is 5.99. The Morgan fingerprint density at radius 1 is 1.16 bits per heavy atom. The van der Waals surface area contributed by atoms with Crippen LogP contribution in [0.15, 0.2) is 18.2 Å². The van der Waals surface area contributed by atoms with Crippen LogP contribution in [0.2, 0.25) is 0 Å². The smallest absolute Gasteiger partial charge is 0.242 e. The third-order valence-electron chi connectivity index (χ3n) is 3.10. The van der Waals surface area contributed by atoms with E-state index in [1.165, 1.54) is 21.9 Å². The topological polar surface area (TPSA) is 66.6 Å². The second-order valence-corrected chi connectivity index (χ2v) is 4.67. The number of nitrogens with zero attached hydrogens (tertiary/aromatic N) is 2. The van der Waals surface area contributed by atoms with Gasteiger partial charge in [-0.25, -0.2) is 4.39 Å². The summed E-state index contributed by atoms with van der Waals surface area (Å²) in [6.07, 6.45) is 0. The molecule has 1 heterocycles. The van der Waals surface area contributed by atoms with Crippen molar-refractivity contribution in [2.45, 2.75) is 13.1 Å². The highest BCUT2D eigenvalue weighted by Gasteiger charge is 2.27. The molecule has 1 saturated heterocycles. The van der Waals surface area contributed by atoms with E-state index in [9.17, 15) is 14.0 Å². The van der Waals surface area contributed by atoms with Crippen molar-refractivity contribution < 1.29 is 14.0 Å². The van der Waals surface area contributed by atoms with Gasteiger partial charge in [-0.2, -0.15) is 0 Å². The SMILES string of the molecule is CN1CC(=O)N(Cc2cc(F)cc(CN)c2)CC1=O. The van der Waals surface area contributed by atoms with Gasteiger partial charge in [-0.1, -0.05) is 6.07 Å². The summed E-state index contributed by atoms with van der Waals surface area (Å²) < 4.78 is 13.4. The Labute approximate surface area is 110 Å². The highest BCUT2D eigenvalue weighted by Crippen LogP contribution is 2.13. The van der Waals surface area contributed by atoms with Gasteiger partial charge >= 0.3 is 0 Å². The highest BCUT2D eigenvalue weighted by atomic mass is 19.1. The van der Waals surface area contributed by atoms with Crippen LogP contribution < -0.4 is 5.73 Å². The molecule has 2 amide bonds. The number of piperazine rings is 1. The molecule has 19 heavy (non-hydrogen) atoms. The predicted octanol–water partition coefficient (Wildman–Crippen LogP) is 0.0850. The summed E-state index contributed by atoms with van der Waals surface area (Å²) in [5, 5.41) is 0. The third kappa shape index (κ3) is 3.08. The minimum atomic E-state index is -0.383. The van der Waals surface area contributed by atoms with Crippen molar-refractivity contribution in [2.75, 3.05) is 20.1 Å². The number of likely N-dealkylation sites (N-methyl/N-ethyl adjacent to an activating group) is 1. The first-order chi connectivity index (χ1) is 8.99. The first-order valence-corrected chi connectivity index (χ1v) is 5.99. The van der Waals surface area contributed by atoms with Crippen molar-refractivity contribution in [3.05, 3.63) is 35.1 Å². The highest BCUT2D eigenvalue weighted by molar-refractivity contribution is 5.92. The fraction of sp³-hybridized carbons (Fsp3) is 0.385.